The number of hydrogen-bond donors (Lipinski definition) is 2. The molecule has 5 heteroatoms. The van der Waals surface area contributed by atoms with E-state index in [1.165, 1.54) is 12.0 Å². The molecule has 2 heterocycles. The van der Waals surface area contributed by atoms with Crippen LogP contribution in [0.2, 0.25) is 0 Å². The highest BCUT2D eigenvalue weighted by atomic mass is 15.2. The highest BCUT2D eigenvalue weighted by Crippen LogP contribution is 2.20. The summed E-state index contributed by atoms with van der Waals surface area (Å²) in [7, 11) is 0. The van der Waals surface area contributed by atoms with Crippen LogP contribution in [0.1, 0.15) is 0 Å². The lowest BCUT2D eigenvalue weighted by molar-refractivity contribution is 0.589. The summed E-state index contributed by atoms with van der Waals surface area (Å²) in [5, 5.41) is 10.1. The first kappa shape index (κ1) is 10.3. The Labute approximate surface area is 99.9 Å². The topological polar surface area (TPSA) is 56.8 Å². The number of hydrogen-bond acceptors (Lipinski definition) is 4. The number of rotatable bonds is 2. The Hall–Kier alpha value is -1.88. The van der Waals surface area contributed by atoms with Crippen molar-refractivity contribution in [2.75, 3.05) is 31.1 Å². The molecule has 5 nitrogen and oxygen atoms in total. The first-order chi connectivity index (χ1) is 8.43. The zero-order chi connectivity index (χ0) is 11.5. The lowest BCUT2D eigenvalue weighted by Gasteiger charge is -2.29. The van der Waals surface area contributed by atoms with Crippen LogP contribution in [0.4, 0.5) is 5.69 Å². The molecule has 1 saturated heterocycles. The molecule has 1 aliphatic heterocycles. The van der Waals surface area contributed by atoms with Crippen LogP contribution < -0.4 is 10.2 Å². The molecule has 88 valence electrons. The van der Waals surface area contributed by atoms with Crippen LogP contribution in [0.25, 0.3) is 11.4 Å². The van der Waals surface area contributed by atoms with Crippen molar-refractivity contribution < 1.29 is 0 Å². The number of piperazine rings is 1. The Morgan fingerprint density at radius 2 is 1.82 bits per heavy atom. The molecule has 1 fully saturated rings. The van der Waals surface area contributed by atoms with Crippen molar-refractivity contribution in [1.29, 1.82) is 0 Å². The van der Waals surface area contributed by atoms with Gasteiger partial charge in [-0.05, 0) is 24.3 Å². The summed E-state index contributed by atoms with van der Waals surface area (Å²) < 4.78 is 0. The van der Waals surface area contributed by atoms with Gasteiger partial charge in [0.1, 0.15) is 6.33 Å². The van der Waals surface area contributed by atoms with Gasteiger partial charge in [-0.15, -0.1) is 0 Å². The molecule has 0 saturated carbocycles. The zero-order valence-corrected chi connectivity index (χ0v) is 9.56. The van der Waals surface area contributed by atoms with Gasteiger partial charge in [-0.1, -0.05) is 0 Å². The van der Waals surface area contributed by atoms with E-state index in [1.54, 1.807) is 0 Å². The predicted octanol–water partition coefficient (Wildman–Crippen LogP) is 0.881. The molecule has 0 spiro atoms. The summed E-state index contributed by atoms with van der Waals surface area (Å²) in [6.45, 7) is 4.26. The van der Waals surface area contributed by atoms with Crippen LogP contribution >= 0.6 is 0 Å². The minimum Gasteiger partial charge on any atom is -0.369 e. The van der Waals surface area contributed by atoms with E-state index in [2.05, 4.69) is 49.7 Å². The van der Waals surface area contributed by atoms with Crippen LogP contribution in [-0.2, 0) is 0 Å². The molecular formula is C12H15N5. The van der Waals surface area contributed by atoms with Crippen molar-refractivity contribution in [2.45, 2.75) is 0 Å². The number of nitrogens with zero attached hydrogens (tertiary/aromatic N) is 3. The molecule has 1 aromatic carbocycles. The summed E-state index contributed by atoms with van der Waals surface area (Å²) in [5.41, 5.74) is 2.34. The highest BCUT2D eigenvalue weighted by Gasteiger charge is 2.10. The maximum atomic E-state index is 4.14. The van der Waals surface area contributed by atoms with Crippen molar-refractivity contribution in [3.8, 4) is 11.4 Å². The van der Waals surface area contributed by atoms with E-state index in [1.807, 2.05) is 0 Å². The Kier molecular flexibility index (Phi) is 2.75. The fourth-order valence-corrected chi connectivity index (χ4v) is 2.10. The molecule has 0 radical (unpaired) electrons. The van der Waals surface area contributed by atoms with Gasteiger partial charge in [0.25, 0.3) is 0 Å². The molecule has 2 N–H and O–H groups in total. The molecule has 1 aliphatic rings. The average Bonchev–Trinajstić information content (AvgIpc) is 2.94. The van der Waals surface area contributed by atoms with Gasteiger partial charge in [-0.2, -0.15) is 5.10 Å². The molecule has 0 amide bonds. The lowest BCUT2D eigenvalue weighted by atomic mass is 10.2. The summed E-state index contributed by atoms with van der Waals surface area (Å²) >= 11 is 0. The third kappa shape index (κ3) is 2.14. The van der Waals surface area contributed by atoms with Crippen molar-refractivity contribution in [1.82, 2.24) is 20.5 Å². The maximum Gasteiger partial charge on any atom is 0.155 e. The normalized spacial score (nSPS) is 16.1. The van der Waals surface area contributed by atoms with Crippen LogP contribution in [0.15, 0.2) is 30.6 Å². The SMILES string of the molecule is c1n[nH]c(-c2ccc(N3CCNCC3)cc2)n1. The molecule has 0 atom stereocenters. The first-order valence-corrected chi connectivity index (χ1v) is 5.85. The Balaban J connectivity index is 1.80. The smallest absolute Gasteiger partial charge is 0.155 e. The van der Waals surface area contributed by atoms with Crippen molar-refractivity contribution in [3.05, 3.63) is 30.6 Å². The number of nitrogens with one attached hydrogen (secondary N) is 2. The van der Waals surface area contributed by atoms with Crippen LogP contribution in [0.3, 0.4) is 0 Å². The fourth-order valence-electron chi connectivity index (χ4n) is 2.10. The van der Waals surface area contributed by atoms with Crippen molar-refractivity contribution in [2.24, 2.45) is 0 Å². The zero-order valence-electron chi connectivity index (χ0n) is 9.56. The molecule has 0 bridgehead atoms. The first-order valence-electron chi connectivity index (χ1n) is 5.85. The fraction of sp³-hybridized carbons (Fsp3) is 0.333. The number of anilines is 1. The third-order valence-electron chi connectivity index (χ3n) is 3.04. The Morgan fingerprint density at radius 3 is 2.47 bits per heavy atom. The van der Waals surface area contributed by atoms with Crippen LogP contribution in [0.5, 0.6) is 0 Å². The minimum atomic E-state index is 0.817. The Bertz CT molecular complexity index is 456. The van der Waals surface area contributed by atoms with Gasteiger partial charge in [0.15, 0.2) is 5.82 Å². The van der Waals surface area contributed by atoms with Gasteiger partial charge >= 0.3 is 0 Å². The van der Waals surface area contributed by atoms with E-state index in [9.17, 15) is 0 Å². The van der Waals surface area contributed by atoms with Crippen molar-refractivity contribution >= 4 is 5.69 Å². The molecule has 17 heavy (non-hydrogen) atoms. The summed E-state index contributed by atoms with van der Waals surface area (Å²) in [6.07, 6.45) is 1.53. The number of aromatic amines is 1. The van der Waals surface area contributed by atoms with E-state index < -0.39 is 0 Å². The average molecular weight is 229 g/mol. The van der Waals surface area contributed by atoms with Gasteiger partial charge in [-0.25, -0.2) is 4.98 Å². The van der Waals surface area contributed by atoms with E-state index in [4.69, 9.17) is 0 Å². The largest absolute Gasteiger partial charge is 0.369 e. The summed E-state index contributed by atoms with van der Waals surface area (Å²) in [4.78, 5) is 6.53. The predicted molar refractivity (Wildman–Crippen MR) is 66.9 cm³/mol. The van der Waals surface area contributed by atoms with Crippen LogP contribution in [-0.4, -0.2) is 41.4 Å². The Morgan fingerprint density at radius 1 is 1.06 bits per heavy atom. The van der Waals surface area contributed by atoms with E-state index in [0.717, 1.165) is 37.6 Å². The molecule has 2 aromatic rings. The highest BCUT2D eigenvalue weighted by molar-refractivity contribution is 5.60. The van der Waals surface area contributed by atoms with Gasteiger partial charge in [-0.3, -0.25) is 5.10 Å². The van der Waals surface area contributed by atoms with Crippen molar-refractivity contribution in [3.63, 3.8) is 0 Å². The lowest BCUT2D eigenvalue weighted by Crippen LogP contribution is -2.43. The summed E-state index contributed by atoms with van der Waals surface area (Å²) in [5.74, 6) is 0.817. The molecular weight excluding hydrogens is 214 g/mol. The van der Waals surface area contributed by atoms with Gasteiger partial charge in [0.05, 0.1) is 0 Å². The minimum absolute atomic E-state index is 0.817. The van der Waals surface area contributed by atoms with Crippen LogP contribution in [0, 0.1) is 0 Å². The number of aromatic nitrogens is 3. The molecule has 1 aromatic heterocycles. The summed E-state index contributed by atoms with van der Waals surface area (Å²) in [6, 6.07) is 8.45. The van der Waals surface area contributed by atoms with Gasteiger partial charge in [0, 0.05) is 37.4 Å². The second-order valence-corrected chi connectivity index (χ2v) is 4.12. The molecule has 0 unspecified atom stereocenters. The maximum absolute atomic E-state index is 4.14. The van der Waals surface area contributed by atoms with E-state index >= 15 is 0 Å². The van der Waals surface area contributed by atoms with Gasteiger partial charge in [0.2, 0.25) is 0 Å². The second-order valence-electron chi connectivity index (χ2n) is 4.12. The monoisotopic (exact) mass is 229 g/mol. The number of H-pyrrole nitrogens is 1. The second kappa shape index (κ2) is 4.55. The third-order valence-corrected chi connectivity index (χ3v) is 3.04. The molecule has 0 aliphatic carbocycles. The van der Waals surface area contributed by atoms with Gasteiger partial charge < -0.3 is 10.2 Å². The van der Waals surface area contributed by atoms with E-state index in [-0.39, 0.29) is 0 Å². The quantitative estimate of drug-likeness (QED) is 0.802. The van der Waals surface area contributed by atoms with E-state index in [0.29, 0.717) is 0 Å². The number of benzene rings is 1. The standard InChI is InChI=1S/C12H15N5/c1-3-11(17-7-5-13-6-8-17)4-2-10(1)12-14-9-15-16-12/h1-4,9,13H,5-8H2,(H,14,15,16). The molecule has 3 rings (SSSR count).